The summed E-state index contributed by atoms with van der Waals surface area (Å²) in [6.07, 6.45) is 0. The summed E-state index contributed by atoms with van der Waals surface area (Å²) in [6.45, 7) is 3.88. The van der Waals surface area contributed by atoms with Gasteiger partial charge < -0.3 is 9.84 Å². The fourth-order valence-corrected chi connectivity index (χ4v) is 5.66. The van der Waals surface area contributed by atoms with Crippen LogP contribution in [0, 0.1) is 24.0 Å². The highest BCUT2D eigenvalue weighted by Gasteiger charge is 2.48. The van der Waals surface area contributed by atoms with Crippen LogP contribution in [-0.4, -0.2) is 33.8 Å². The summed E-state index contributed by atoms with van der Waals surface area (Å²) >= 11 is 1.26. The number of carbonyl (C=O) groups is 2. The van der Waals surface area contributed by atoms with Gasteiger partial charge in [0, 0.05) is 17.7 Å². The predicted octanol–water partition coefficient (Wildman–Crippen LogP) is 5.46. The monoisotopic (exact) mass is 515 g/mol. The van der Waals surface area contributed by atoms with Gasteiger partial charge in [0.05, 0.1) is 33.9 Å². The smallest absolute Gasteiger partial charge is 0.301 e. The molecule has 1 atom stereocenters. The minimum Gasteiger partial charge on any atom is -0.507 e. The molecule has 2 heterocycles. The zero-order valence-corrected chi connectivity index (χ0v) is 20.9. The fraction of sp³-hybridized carbons (Fsp3) is 0.148. The van der Waals surface area contributed by atoms with Crippen LogP contribution in [0.25, 0.3) is 16.0 Å². The average Bonchev–Trinajstić information content (AvgIpc) is 3.42. The van der Waals surface area contributed by atoms with Crippen molar-refractivity contribution in [3.8, 4) is 5.75 Å². The van der Waals surface area contributed by atoms with Gasteiger partial charge in [0.15, 0.2) is 5.13 Å². The van der Waals surface area contributed by atoms with Gasteiger partial charge in [0.25, 0.3) is 11.5 Å². The molecule has 1 aliphatic heterocycles. The molecule has 5 rings (SSSR count). The number of nitro benzene ring substituents is 1. The van der Waals surface area contributed by atoms with E-state index in [1.165, 1.54) is 47.6 Å². The number of carbonyl (C=O) groups excluding carboxylic acids is 2. The van der Waals surface area contributed by atoms with Crippen LogP contribution in [-0.2, 0) is 9.59 Å². The maximum absolute atomic E-state index is 13.4. The van der Waals surface area contributed by atoms with Gasteiger partial charge in [-0.15, -0.1) is 0 Å². The van der Waals surface area contributed by atoms with Gasteiger partial charge in [-0.1, -0.05) is 17.4 Å². The van der Waals surface area contributed by atoms with Gasteiger partial charge in [-0.05, 0) is 73.0 Å². The van der Waals surface area contributed by atoms with E-state index < -0.39 is 22.7 Å². The van der Waals surface area contributed by atoms with E-state index in [9.17, 15) is 24.8 Å². The lowest BCUT2D eigenvalue weighted by Gasteiger charge is -2.22. The number of amides is 1. The number of rotatable bonds is 5. The number of hydrogen-bond donors (Lipinski definition) is 1. The second kappa shape index (κ2) is 9.14. The number of aromatic nitrogens is 1. The molecule has 1 N–H and O–H groups in total. The van der Waals surface area contributed by atoms with Crippen LogP contribution in [0.15, 0.2) is 66.2 Å². The Morgan fingerprint density at radius 3 is 2.38 bits per heavy atom. The number of ether oxygens (including phenoxy) is 1. The number of aliphatic hydroxyl groups is 1. The predicted molar refractivity (Wildman–Crippen MR) is 140 cm³/mol. The Balaban J connectivity index is 1.72. The number of fused-ring (bicyclic) bond motifs is 1. The molecule has 0 aliphatic carbocycles. The van der Waals surface area contributed by atoms with Crippen LogP contribution in [0.2, 0.25) is 0 Å². The number of nitro groups is 1. The van der Waals surface area contributed by atoms with Crippen molar-refractivity contribution in [2.75, 3.05) is 12.0 Å². The molecular formula is C27H21N3O6S. The largest absolute Gasteiger partial charge is 0.507 e. The molecule has 1 amide bonds. The van der Waals surface area contributed by atoms with E-state index in [1.807, 2.05) is 26.0 Å². The highest BCUT2D eigenvalue weighted by atomic mass is 32.1. The molecule has 0 radical (unpaired) electrons. The zero-order chi connectivity index (χ0) is 26.4. The first kappa shape index (κ1) is 24.1. The number of benzene rings is 3. The Kier molecular flexibility index (Phi) is 5.96. The molecule has 0 spiro atoms. The normalized spacial score (nSPS) is 16.9. The summed E-state index contributed by atoms with van der Waals surface area (Å²) in [5.74, 6) is -1.51. The van der Waals surface area contributed by atoms with Crippen molar-refractivity contribution < 1.29 is 24.4 Å². The van der Waals surface area contributed by atoms with Crippen molar-refractivity contribution in [2.45, 2.75) is 19.9 Å². The second-order valence-corrected chi connectivity index (χ2v) is 9.68. The van der Waals surface area contributed by atoms with E-state index in [2.05, 4.69) is 4.98 Å². The molecule has 1 aromatic heterocycles. The maximum atomic E-state index is 13.4. The lowest BCUT2D eigenvalue weighted by Crippen LogP contribution is -2.29. The number of methoxy groups -OCH3 is 1. The lowest BCUT2D eigenvalue weighted by molar-refractivity contribution is -0.384. The average molecular weight is 516 g/mol. The number of aryl methyl sites for hydroxylation is 2. The Morgan fingerprint density at radius 2 is 1.76 bits per heavy atom. The number of Topliss-reactive ketones (excluding diaryl/α,β-unsaturated/α-hetero) is 1. The topological polar surface area (TPSA) is 123 Å². The third-order valence-corrected chi connectivity index (χ3v) is 7.25. The second-order valence-electron chi connectivity index (χ2n) is 8.67. The van der Waals surface area contributed by atoms with Gasteiger partial charge in [0.2, 0.25) is 0 Å². The summed E-state index contributed by atoms with van der Waals surface area (Å²) in [7, 11) is 1.51. The fourth-order valence-electron chi connectivity index (χ4n) is 4.49. The van der Waals surface area contributed by atoms with Crippen molar-refractivity contribution in [1.29, 1.82) is 0 Å². The van der Waals surface area contributed by atoms with E-state index in [-0.39, 0.29) is 17.0 Å². The minimum atomic E-state index is -1.04. The van der Waals surface area contributed by atoms with Crippen molar-refractivity contribution in [3.05, 3.63) is 98.6 Å². The first-order valence-electron chi connectivity index (χ1n) is 11.3. The lowest BCUT2D eigenvalue weighted by atomic mass is 9.95. The highest BCUT2D eigenvalue weighted by Crippen LogP contribution is 2.45. The number of thiazole rings is 1. The van der Waals surface area contributed by atoms with Gasteiger partial charge in [-0.2, -0.15) is 0 Å². The first-order valence-corrected chi connectivity index (χ1v) is 12.1. The first-order chi connectivity index (χ1) is 17.7. The number of hydrogen-bond acceptors (Lipinski definition) is 8. The number of anilines is 1. The Morgan fingerprint density at radius 1 is 1.08 bits per heavy atom. The summed E-state index contributed by atoms with van der Waals surface area (Å²) < 4.78 is 6.02. The quantitative estimate of drug-likeness (QED) is 0.123. The van der Waals surface area contributed by atoms with Crippen molar-refractivity contribution in [1.82, 2.24) is 4.98 Å². The standard InChI is InChI=1S/C27H21N3O6S/c1-14-12-15(2)22-20(13-14)37-27(28-22)29-23(16-4-8-18(9-5-16)30(34)35)21(25(32)26(29)33)24(31)17-6-10-19(36-3)11-7-17/h4-13,23,31H,1-3H3/t23-/m1/s1. The summed E-state index contributed by atoms with van der Waals surface area (Å²) in [4.78, 5) is 43.4. The van der Waals surface area contributed by atoms with E-state index in [4.69, 9.17) is 4.74 Å². The Bertz CT molecular complexity index is 1610. The molecule has 9 nitrogen and oxygen atoms in total. The van der Waals surface area contributed by atoms with Crippen LogP contribution in [0.5, 0.6) is 5.75 Å². The summed E-state index contributed by atoms with van der Waals surface area (Å²) in [6, 6.07) is 14.9. The summed E-state index contributed by atoms with van der Waals surface area (Å²) in [5, 5.41) is 22.8. The van der Waals surface area contributed by atoms with Gasteiger partial charge in [-0.25, -0.2) is 4.98 Å². The number of ketones is 1. The molecule has 0 saturated carbocycles. The van der Waals surface area contributed by atoms with E-state index in [0.717, 1.165) is 15.8 Å². The van der Waals surface area contributed by atoms with E-state index in [1.54, 1.807) is 24.3 Å². The van der Waals surface area contributed by atoms with Crippen LogP contribution in [0.4, 0.5) is 10.8 Å². The number of nitrogens with zero attached hydrogens (tertiary/aromatic N) is 3. The van der Waals surface area contributed by atoms with Crippen LogP contribution < -0.4 is 9.64 Å². The highest BCUT2D eigenvalue weighted by molar-refractivity contribution is 7.22. The molecule has 0 unspecified atom stereocenters. The molecular weight excluding hydrogens is 494 g/mol. The third-order valence-electron chi connectivity index (χ3n) is 6.25. The molecule has 0 bridgehead atoms. The Labute approximate surface area is 215 Å². The van der Waals surface area contributed by atoms with Crippen molar-refractivity contribution >= 4 is 49.8 Å². The molecule has 1 saturated heterocycles. The molecule has 1 aliphatic rings. The van der Waals surface area contributed by atoms with Crippen LogP contribution in [0.1, 0.15) is 28.3 Å². The van der Waals surface area contributed by atoms with Crippen molar-refractivity contribution in [2.24, 2.45) is 0 Å². The minimum absolute atomic E-state index is 0.129. The van der Waals surface area contributed by atoms with Crippen molar-refractivity contribution in [3.63, 3.8) is 0 Å². The van der Waals surface area contributed by atoms with E-state index in [0.29, 0.717) is 27.5 Å². The number of non-ortho nitro benzene ring substituents is 1. The van der Waals surface area contributed by atoms with E-state index >= 15 is 0 Å². The number of aliphatic hydroxyl groups excluding tert-OH is 1. The van der Waals surface area contributed by atoms with Gasteiger partial charge in [-0.3, -0.25) is 24.6 Å². The summed E-state index contributed by atoms with van der Waals surface area (Å²) in [5.41, 5.74) is 3.16. The van der Waals surface area contributed by atoms with Crippen LogP contribution in [0.3, 0.4) is 0 Å². The zero-order valence-electron chi connectivity index (χ0n) is 20.1. The SMILES string of the molecule is COc1ccc(C(O)=C2C(=O)C(=O)N(c3nc4c(C)cc(C)cc4s3)[C@@H]2c2ccc([N+](=O)[O-])cc2)cc1. The van der Waals surface area contributed by atoms with Gasteiger partial charge in [0.1, 0.15) is 11.5 Å². The van der Waals surface area contributed by atoms with Crippen LogP contribution >= 0.6 is 11.3 Å². The Hall–Kier alpha value is -4.57. The molecule has 4 aromatic rings. The molecule has 10 heteroatoms. The van der Waals surface area contributed by atoms with Gasteiger partial charge >= 0.3 is 5.91 Å². The molecule has 3 aromatic carbocycles. The molecule has 186 valence electrons. The molecule has 37 heavy (non-hydrogen) atoms. The third kappa shape index (κ3) is 4.11. The molecule has 1 fully saturated rings. The maximum Gasteiger partial charge on any atom is 0.301 e.